The molecule has 1 aliphatic heterocycles. The summed E-state index contributed by atoms with van der Waals surface area (Å²) in [5, 5.41) is 16.0. The number of unbranched alkanes of at least 4 members (excludes halogenated alkanes) is 2. The average Bonchev–Trinajstić information content (AvgIpc) is 3.56. The van der Waals surface area contributed by atoms with Crippen LogP contribution >= 0.6 is 22.9 Å². The molecule has 3 heterocycles. The molecule has 2 aromatic carbocycles. The summed E-state index contributed by atoms with van der Waals surface area (Å²) in [4.78, 5) is 44.8. The molecule has 0 fully saturated rings. The number of nitrogens with one attached hydrogen (secondary N) is 2. The van der Waals surface area contributed by atoms with Gasteiger partial charge >= 0.3 is 5.97 Å². The molecule has 11 nitrogen and oxygen atoms in total. The fraction of sp³-hybridized carbons (Fsp3) is 0.333. The minimum atomic E-state index is -0.626. The fourth-order valence-corrected chi connectivity index (χ4v) is 6.78. The van der Waals surface area contributed by atoms with Crippen molar-refractivity contribution >= 4 is 52.1 Å². The number of nitrogens with two attached hydrogens (primary N) is 1. The van der Waals surface area contributed by atoms with Crippen LogP contribution in [-0.4, -0.2) is 58.5 Å². The minimum absolute atomic E-state index is 0.00101. The Kier molecular flexibility index (Phi) is 11.6. The lowest BCUT2D eigenvalue weighted by Gasteiger charge is -2.13. The van der Waals surface area contributed by atoms with E-state index in [4.69, 9.17) is 27.1 Å². The number of fused-ring (bicyclic) bond motifs is 3. The van der Waals surface area contributed by atoms with Crippen LogP contribution in [0, 0.1) is 32.6 Å². The van der Waals surface area contributed by atoms with E-state index in [1.54, 1.807) is 23.5 Å². The quantitative estimate of drug-likeness (QED) is 0.105. The Morgan fingerprint density at radius 3 is 2.57 bits per heavy atom. The smallest absolute Gasteiger partial charge is 0.339 e. The molecule has 0 radical (unpaired) electrons. The van der Waals surface area contributed by atoms with Crippen molar-refractivity contribution in [2.75, 3.05) is 25.5 Å². The fourth-order valence-electron chi connectivity index (χ4n) is 5.44. The maximum Gasteiger partial charge on any atom is 0.339 e. The van der Waals surface area contributed by atoms with E-state index in [1.807, 2.05) is 35.8 Å². The summed E-state index contributed by atoms with van der Waals surface area (Å²) in [6.45, 7) is 6.72. The highest BCUT2D eigenvalue weighted by atomic mass is 35.5. The molecule has 1 aliphatic rings. The largest absolute Gasteiger partial charge is 0.465 e. The maximum absolute atomic E-state index is 13.3. The number of aliphatic imine (C=N–C) groups is 1. The number of benzene rings is 2. The second kappa shape index (κ2) is 16.0. The van der Waals surface area contributed by atoms with Gasteiger partial charge in [-0.2, -0.15) is 0 Å². The first-order valence-electron chi connectivity index (χ1n) is 16.0. The Morgan fingerprint density at radius 1 is 1.06 bits per heavy atom. The number of ether oxygens (including phenoxy) is 1. The normalized spacial score (nSPS) is 13.3. The van der Waals surface area contributed by atoms with Crippen LogP contribution in [0.2, 0.25) is 5.02 Å². The zero-order valence-corrected chi connectivity index (χ0v) is 29.4. The summed E-state index contributed by atoms with van der Waals surface area (Å²) in [5.41, 5.74) is 10.4. The number of hydrogen-bond acceptors (Lipinski definition) is 9. The highest BCUT2D eigenvalue weighted by molar-refractivity contribution is 7.15. The number of hydrogen-bond donors (Lipinski definition) is 3. The van der Waals surface area contributed by atoms with E-state index in [9.17, 15) is 14.4 Å². The standard InChI is InChI=1S/C36H38ClN7O4S/c1-21-22(2)49-35-32(21)33(25-10-13-26(37)14-11-25)41-29(34-43-42-23(3)44(34)35)20-31(46)39-18-16-30(45)40-27-15-12-24(9-7-5-6-8-17-38)28(19-27)36(47)48-4/h10-15,19,29H,5-6,8,16-18,20,38H2,1-4H3,(H,39,46)(H,40,45)/t29-/m0/s1. The van der Waals surface area contributed by atoms with Crippen LogP contribution in [0.4, 0.5) is 5.69 Å². The summed E-state index contributed by atoms with van der Waals surface area (Å²) in [7, 11) is 1.29. The molecule has 2 aromatic heterocycles. The molecular weight excluding hydrogens is 662 g/mol. The monoisotopic (exact) mass is 699 g/mol. The molecule has 0 saturated carbocycles. The summed E-state index contributed by atoms with van der Waals surface area (Å²) >= 11 is 7.84. The van der Waals surface area contributed by atoms with Crippen LogP contribution in [0.3, 0.4) is 0 Å². The van der Waals surface area contributed by atoms with Gasteiger partial charge in [0.2, 0.25) is 11.8 Å². The highest BCUT2D eigenvalue weighted by Crippen LogP contribution is 2.39. The summed E-state index contributed by atoms with van der Waals surface area (Å²) in [6.07, 6.45) is 2.42. The van der Waals surface area contributed by atoms with Crippen LogP contribution < -0.4 is 16.4 Å². The minimum Gasteiger partial charge on any atom is -0.465 e. The summed E-state index contributed by atoms with van der Waals surface area (Å²) in [6, 6.07) is 11.7. The molecule has 13 heteroatoms. The van der Waals surface area contributed by atoms with Crippen molar-refractivity contribution < 1.29 is 19.1 Å². The van der Waals surface area contributed by atoms with Crippen LogP contribution in [0.25, 0.3) is 5.00 Å². The number of halogens is 1. The molecule has 4 N–H and O–H groups in total. The van der Waals surface area contributed by atoms with Crippen molar-refractivity contribution in [2.45, 2.75) is 58.9 Å². The lowest BCUT2D eigenvalue weighted by Crippen LogP contribution is -2.29. The first-order chi connectivity index (χ1) is 23.6. The third-order valence-corrected chi connectivity index (χ3v) is 9.54. The van der Waals surface area contributed by atoms with Gasteiger partial charge in [0.15, 0.2) is 5.82 Å². The second-order valence-electron chi connectivity index (χ2n) is 11.6. The molecule has 254 valence electrons. The molecule has 2 amide bonds. The lowest BCUT2D eigenvalue weighted by atomic mass is 9.99. The van der Waals surface area contributed by atoms with Crippen LogP contribution in [0.15, 0.2) is 47.5 Å². The van der Waals surface area contributed by atoms with E-state index in [-0.39, 0.29) is 36.8 Å². The summed E-state index contributed by atoms with van der Waals surface area (Å²) in [5.74, 6) is 6.15. The summed E-state index contributed by atoms with van der Waals surface area (Å²) < 4.78 is 6.91. The Hall–Kier alpha value is -4.83. The van der Waals surface area contributed by atoms with Gasteiger partial charge in [-0.3, -0.25) is 19.1 Å². The number of nitrogens with zero attached hydrogens (tertiary/aromatic N) is 4. The van der Waals surface area contributed by atoms with E-state index in [0.717, 1.165) is 45.1 Å². The number of amides is 2. The average molecular weight is 700 g/mol. The van der Waals surface area contributed by atoms with Gasteiger partial charge in [0.1, 0.15) is 16.9 Å². The number of anilines is 1. The number of aromatic nitrogens is 3. The number of carbonyl (C=O) groups excluding carboxylic acids is 3. The van der Waals surface area contributed by atoms with E-state index in [2.05, 4.69) is 46.5 Å². The van der Waals surface area contributed by atoms with Gasteiger partial charge in [0.25, 0.3) is 0 Å². The van der Waals surface area contributed by atoms with Gasteiger partial charge in [0.05, 0.1) is 24.8 Å². The molecule has 0 spiro atoms. The predicted molar refractivity (Wildman–Crippen MR) is 192 cm³/mol. The maximum atomic E-state index is 13.3. The number of methoxy groups -OCH3 is 1. The lowest BCUT2D eigenvalue weighted by molar-refractivity contribution is -0.121. The van der Waals surface area contributed by atoms with Crippen molar-refractivity contribution in [1.29, 1.82) is 0 Å². The van der Waals surface area contributed by atoms with Gasteiger partial charge < -0.3 is 21.1 Å². The van der Waals surface area contributed by atoms with Crippen molar-refractivity contribution in [3.8, 4) is 16.8 Å². The topological polar surface area (TPSA) is 154 Å². The van der Waals surface area contributed by atoms with Crippen LogP contribution in [-0.2, 0) is 14.3 Å². The van der Waals surface area contributed by atoms with Crippen molar-refractivity contribution in [1.82, 2.24) is 20.1 Å². The third-order valence-electron chi connectivity index (χ3n) is 8.10. The first kappa shape index (κ1) is 35.5. The van der Waals surface area contributed by atoms with E-state index in [0.29, 0.717) is 40.9 Å². The van der Waals surface area contributed by atoms with E-state index >= 15 is 0 Å². The van der Waals surface area contributed by atoms with Gasteiger partial charge in [-0.25, -0.2) is 4.79 Å². The third kappa shape index (κ3) is 8.25. The first-order valence-corrected chi connectivity index (χ1v) is 17.1. The molecule has 4 aromatic rings. The van der Waals surface area contributed by atoms with Gasteiger partial charge in [-0.05, 0) is 76.1 Å². The number of rotatable bonds is 11. The van der Waals surface area contributed by atoms with Crippen LogP contribution in [0.1, 0.15) is 87.3 Å². The number of aryl methyl sites for hydroxylation is 2. The molecule has 0 unspecified atom stereocenters. The number of esters is 1. The van der Waals surface area contributed by atoms with Gasteiger partial charge in [-0.15, -0.1) is 21.5 Å². The van der Waals surface area contributed by atoms with E-state index < -0.39 is 12.0 Å². The molecular formula is C36H38ClN7O4S. The van der Waals surface area contributed by atoms with E-state index in [1.165, 1.54) is 13.2 Å². The molecule has 49 heavy (non-hydrogen) atoms. The number of carbonyl (C=O) groups is 3. The Labute approximate surface area is 294 Å². The van der Waals surface area contributed by atoms with Gasteiger partial charge in [-0.1, -0.05) is 35.6 Å². The Balaban J connectivity index is 1.27. The molecule has 0 saturated heterocycles. The highest BCUT2D eigenvalue weighted by Gasteiger charge is 2.32. The zero-order chi connectivity index (χ0) is 35.1. The van der Waals surface area contributed by atoms with Crippen LogP contribution in [0.5, 0.6) is 0 Å². The Bertz CT molecular complexity index is 1970. The predicted octanol–water partition coefficient (Wildman–Crippen LogP) is 5.60. The van der Waals surface area contributed by atoms with Gasteiger partial charge in [0, 0.05) is 51.7 Å². The number of thiophene rings is 1. The SMILES string of the molecule is COC(=O)c1cc(NC(=O)CCNC(=O)C[C@@H]2N=C(c3ccc(Cl)cc3)c3c(sc(C)c3C)-n3c(C)nnc32)ccc1C#CCCCCN. The molecule has 5 rings (SSSR count). The van der Waals surface area contributed by atoms with Crippen molar-refractivity contribution in [3.63, 3.8) is 0 Å². The van der Waals surface area contributed by atoms with Crippen molar-refractivity contribution in [3.05, 3.63) is 91.8 Å². The second-order valence-corrected chi connectivity index (χ2v) is 13.2. The molecule has 0 bridgehead atoms. The molecule has 1 atom stereocenters. The Morgan fingerprint density at radius 2 is 1.84 bits per heavy atom. The molecule has 0 aliphatic carbocycles. The van der Waals surface area contributed by atoms with Crippen molar-refractivity contribution in [2.24, 2.45) is 10.7 Å². The zero-order valence-electron chi connectivity index (χ0n) is 27.9.